The molecule has 0 unspecified atom stereocenters. The standard InChI is InChI=1S/C21H17ClN4O4S2/c22-15-4-6-16(7-5-15)26-32(28,29)18-3-1-2-17(12-18)23-19(27)8-9-20-24-25-21(30-20)14-10-11-31-13-14/h1-7,10-13,26H,8-9H2,(H,23,27). The van der Waals surface area contributed by atoms with Gasteiger partial charge in [-0.2, -0.15) is 11.3 Å². The molecule has 2 heterocycles. The zero-order chi connectivity index (χ0) is 22.6. The van der Waals surface area contributed by atoms with Crippen LogP contribution in [0.25, 0.3) is 11.5 Å². The maximum Gasteiger partial charge on any atom is 0.261 e. The fourth-order valence-corrected chi connectivity index (χ4v) is 4.63. The van der Waals surface area contributed by atoms with Gasteiger partial charge in [-0.05, 0) is 53.9 Å². The Bertz CT molecular complexity index is 1320. The van der Waals surface area contributed by atoms with Crippen LogP contribution >= 0.6 is 22.9 Å². The quantitative estimate of drug-likeness (QED) is 0.367. The molecule has 0 aliphatic carbocycles. The number of nitrogens with one attached hydrogen (secondary N) is 2. The molecule has 0 radical (unpaired) electrons. The van der Waals surface area contributed by atoms with E-state index in [2.05, 4.69) is 20.2 Å². The van der Waals surface area contributed by atoms with Crippen molar-refractivity contribution in [1.29, 1.82) is 0 Å². The van der Waals surface area contributed by atoms with E-state index < -0.39 is 10.0 Å². The predicted molar refractivity (Wildman–Crippen MR) is 123 cm³/mol. The summed E-state index contributed by atoms with van der Waals surface area (Å²) < 4.78 is 33.3. The maximum absolute atomic E-state index is 12.7. The van der Waals surface area contributed by atoms with Crippen LogP contribution in [0.1, 0.15) is 12.3 Å². The van der Waals surface area contributed by atoms with Gasteiger partial charge in [-0.25, -0.2) is 8.42 Å². The second kappa shape index (κ2) is 9.51. The summed E-state index contributed by atoms with van der Waals surface area (Å²) in [6, 6.07) is 14.2. The van der Waals surface area contributed by atoms with Gasteiger partial charge in [0.2, 0.25) is 17.7 Å². The second-order valence-electron chi connectivity index (χ2n) is 6.70. The van der Waals surface area contributed by atoms with Crippen molar-refractivity contribution in [3.8, 4) is 11.5 Å². The van der Waals surface area contributed by atoms with Crippen molar-refractivity contribution in [2.75, 3.05) is 10.0 Å². The molecule has 8 nitrogen and oxygen atoms in total. The molecule has 0 spiro atoms. The fraction of sp³-hybridized carbons (Fsp3) is 0.0952. The van der Waals surface area contributed by atoms with E-state index in [9.17, 15) is 13.2 Å². The van der Waals surface area contributed by atoms with E-state index in [-0.39, 0.29) is 23.6 Å². The average Bonchev–Trinajstić information content (AvgIpc) is 3.46. The average molecular weight is 489 g/mol. The van der Waals surface area contributed by atoms with Gasteiger partial charge >= 0.3 is 0 Å². The van der Waals surface area contributed by atoms with Crippen LogP contribution in [0.5, 0.6) is 0 Å². The Morgan fingerprint density at radius 1 is 1.06 bits per heavy atom. The molecular formula is C21H17ClN4O4S2. The van der Waals surface area contributed by atoms with Crippen molar-refractivity contribution in [1.82, 2.24) is 10.2 Å². The fourth-order valence-electron chi connectivity index (χ4n) is 2.77. The number of hydrogen-bond acceptors (Lipinski definition) is 7. The molecule has 1 amide bonds. The SMILES string of the molecule is O=C(CCc1nnc(-c2ccsc2)o1)Nc1cccc(S(=O)(=O)Nc2ccc(Cl)cc2)c1. The highest BCUT2D eigenvalue weighted by molar-refractivity contribution is 7.92. The Hall–Kier alpha value is -3.21. The van der Waals surface area contributed by atoms with Crippen molar-refractivity contribution in [2.45, 2.75) is 17.7 Å². The molecule has 0 fully saturated rings. The minimum Gasteiger partial charge on any atom is -0.421 e. The summed E-state index contributed by atoms with van der Waals surface area (Å²) in [5, 5.41) is 14.9. The summed E-state index contributed by atoms with van der Waals surface area (Å²) in [4.78, 5) is 12.3. The summed E-state index contributed by atoms with van der Waals surface area (Å²) in [5.41, 5.74) is 1.58. The number of aromatic nitrogens is 2. The van der Waals surface area contributed by atoms with E-state index >= 15 is 0 Å². The highest BCUT2D eigenvalue weighted by Crippen LogP contribution is 2.22. The number of benzene rings is 2. The third kappa shape index (κ3) is 5.52. The normalized spacial score (nSPS) is 11.3. The van der Waals surface area contributed by atoms with Crippen LogP contribution in [0.4, 0.5) is 11.4 Å². The molecule has 32 heavy (non-hydrogen) atoms. The molecule has 4 aromatic rings. The zero-order valence-corrected chi connectivity index (χ0v) is 18.9. The van der Waals surface area contributed by atoms with E-state index in [0.717, 1.165) is 5.56 Å². The Balaban J connectivity index is 1.37. The molecule has 0 saturated heterocycles. The van der Waals surface area contributed by atoms with Crippen LogP contribution in [0.2, 0.25) is 5.02 Å². The van der Waals surface area contributed by atoms with Crippen LogP contribution in [-0.4, -0.2) is 24.5 Å². The topological polar surface area (TPSA) is 114 Å². The molecule has 2 aromatic heterocycles. The van der Waals surface area contributed by atoms with Gasteiger partial charge in [0.25, 0.3) is 10.0 Å². The molecule has 0 aliphatic heterocycles. The number of sulfonamides is 1. The lowest BCUT2D eigenvalue weighted by molar-refractivity contribution is -0.116. The van der Waals surface area contributed by atoms with Gasteiger partial charge in [0.1, 0.15) is 0 Å². The van der Waals surface area contributed by atoms with E-state index in [1.165, 1.54) is 23.5 Å². The molecule has 2 aromatic carbocycles. The van der Waals surface area contributed by atoms with E-state index in [0.29, 0.717) is 28.2 Å². The molecule has 4 rings (SSSR count). The minimum absolute atomic E-state index is 0.0163. The third-order valence-corrected chi connectivity index (χ3v) is 6.64. The molecule has 11 heteroatoms. The van der Waals surface area contributed by atoms with Gasteiger partial charge < -0.3 is 9.73 Å². The Labute approximate surface area is 193 Å². The number of rotatable bonds is 8. The first-order valence-corrected chi connectivity index (χ1v) is 12.2. The van der Waals surface area contributed by atoms with Crippen molar-refractivity contribution < 1.29 is 17.6 Å². The highest BCUT2D eigenvalue weighted by Gasteiger charge is 2.16. The summed E-state index contributed by atoms with van der Waals surface area (Å²) in [6.45, 7) is 0. The van der Waals surface area contributed by atoms with Gasteiger partial charge in [-0.3, -0.25) is 9.52 Å². The number of aryl methyl sites for hydroxylation is 1. The first-order chi connectivity index (χ1) is 15.4. The summed E-state index contributed by atoms with van der Waals surface area (Å²) in [5.74, 6) is 0.457. The van der Waals surface area contributed by atoms with Crippen LogP contribution in [0.15, 0.2) is 74.7 Å². The lowest BCUT2D eigenvalue weighted by Crippen LogP contribution is -2.15. The molecule has 164 valence electrons. The number of carbonyl (C=O) groups excluding carboxylic acids is 1. The van der Waals surface area contributed by atoms with Crippen molar-refractivity contribution in [3.05, 3.63) is 76.3 Å². The Kier molecular flexibility index (Phi) is 6.54. The first-order valence-electron chi connectivity index (χ1n) is 9.42. The smallest absolute Gasteiger partial charge is 0.261 e. The monoisotopic (exact) mass is 488 g/mol. The Morgan fingerprint density at radius 3 is 2.62 bits per heavy atom. The third-order valence-electron chi connectivity index (χ3n) is 4.33. The van der Waals surface area contributed by atoms with Gasteiger partial charge in [-0.1, -0.05) is 17.7 Å². The molecule has 0 bridgehead atoms. The van der Waals surface area contributed by atoms with Gasteiger partial charge in [0.05, 0.1) is 4.90 Å². The molecule has 0 atom stereocenters. The van der Waals surface area contributed by atoms with Crippen molar-refractivity contribution >= 4 is 50.2 Å². The van der Waals surface area contributed by atoms with E-state index in [1.54, 1.807) is 36.4 Å². The Morgan fingerprint density at radius 2 is 1.88 bits per heavy atom. The predicted octanol–water partition coefficient (Wildman–Crippen LogP) is 4.82. The highest BCUT2D eigenvalue weighted by atomic mass is 35.5. The van der Waals surface area contributed by atoms with Gasteiger partial charge in [0, 0.05) is 40.2 Å². The summed E-state index contributed by atoms with van der Waals surface area (Å²) in [6.07, 6.45) is 0.365. The molecule has 0 saturated carbocycles. The van der Waals surface area contributed by atoms with Gasteiger partial charge in [-0.15, -0.1) is 10.2 Å². The zero-order valence-electron chi connectivity index (χ0n) is 16.5. The van der Waals surface area contributed by atoms with E-state index in [1.807, 2.05) is 16.8 Å². The van der Waals surface area contributed by atoms with Crippen LogP contribution in [0, 0.1) is 0 Å². The lowest BCUT2D eigenvalue weighted by Gasteiger charge is -2.10. The van der Waals surface area contributed by atoms with Crippen molar-refractivity contribution in [3.63, 3.8) is 0 Å². The van der Waals surface area contributed by atoms with Gasteiger partial charge in [0.15, 0.2) is 0 Å². The van der Waals surface area contributed by atoms with Crippen LogP contribution in [0.3, 0.4) is 0 Å². The second-order valence-corrected chi connectivity index (χ2v) is 9.60. The number of hydrogen-bond donors (Lipinski definition) is 2. The molecule has 0 aliphatic rings. The van der Waals surface area contributed by atoms with Crippen LogP contribution < -0.4 is 10.0 Å². The van der Waals surface area contributed by atoms with E-state index in [4.69, 9.17) is 16.0 Å². The number of nitrogens with zero attached hydrogens (tertiary/aromatic N) is 2. The minimum atomic E-state index is -3.84. The summed E-state index contributed by atoms with van der Waals surface area (Å²) in [7, 11) is -3.84. The molecule has 2 N–H and O–H groups in total. The molecular weight excluding hydrogens is 472 g/mol. The lowest BCUT2D eigenvalue weighted by atomic mass is 10.2. The largest absolute Gasteiger partial charge is 0.421 e. The maximum atomic E-state index is 12.7. The number of anilines is 2. The van der Waals surface area contributed by atoms with Crippen molar-refractivity contribution in [2.24, 2.45) is 0 Å². The number of amides is 1. The number of halogens is 1. The number of thiophene rings is 1. The number of carbonyl (C=O) groups is 1. The summed E-state index contributed by atoms with van der Waals surface area (Å²) >= 11 is 7.35. The first kappa shape index (κ1) is 22.0. The van der Waals surface area contributed by atoms with Crippen LogP contribution in [-0.2, 0) is 21.2 Å².